The molecule has 2 nitrogen and oxygen atoms in total. The Morgan fingerprint density at radius 2 is 0.862 bits per heavy atom. The molecule has 29 heavy (non-hydrogen) atoms. The van der Waals surface area contributed by atoms with Crippen molar-refractivity contribution in [3.63, 3.8) is 0 Å². The third kappa shape index (κ3) is 3.57. The molecule has 142 valence electrons. The Labute approximate surface area is 172 Å². The molecule has 0 saturated carbocycles. The van der Waals surface area contributed by atoms with Crippen molar-refractivity contribution in [2.24, 2.45) is 0 Å². The summed E-state index contributed by atoms with van der Waals surface area (Å²) >= 11 is 0. The fourth-order valence-corrected chi connectivity index (χ4v) is 3.72. The average Bonchev–Trinajstić information content (AvgIpc) is 2.81. The lowest BCUT2D eigenvalue weighted by Crippen LogP contribution is -2.44. The number of nitrogens with zero attached hydrogens (tertiary/aromatic N) is 1. The molecule has 0 heterocycles. The number of carbonyl (C=O) groups excluding carboxylic acids is 1. The highest BCUT2D eigenvalue weighted by Crippen LogP contribution is 2.38. The first-order chi connectivity index (χ1) is 14.2. The van der Waals surface area contributed by atoms with E-state index in [1.807, 2.05) is 133 Å². The largest absolute Gasteiger partial charge is 0.280 e. The van der Waals surface area contributed by atoms with Crippen molar-refractivity contribution in [3.05, 3.63) is 132 Å². The quantitative estimate of drug-likeness (QED) is 0.396. The minimum atomic E-state index is -0.839. The topological polar surface area (TPSA) is 20.3 Å². The minimum absolute atomic E-state index is 0.00676. The maximum absolute atomic E-state index is 14.3. The minimum Gasteiger partial charge on any atom is -0.280 e. The van der Waals surface area contributed by atoms with Gasteiger partial charge < -0.3 is 0 Å². The maximum Gasteiger partial charge on any atom is 0.246 e. The van der Waals surface area contributed by atoms with Gasteiger partial charge in [-0.15, -0.1) is 0 Å². The Bertz CT molecular complexity index is 982. The van der Waals surface area contributed by atoms with E-state index in [1.165, 1.54) is 0 Å². The van der Waals surface area contributed by atoms with Crippen LogP contribution in [0.15, 0.2) is 121 Å². The van der Waals surface area contributed by atoms with Gasteiger partial charge in [0, 0.05) is 11.4 Å². The zero-order valence-electron chi connectivity index (χ0n) is 16.4. The van der Waals surface area contributed by atoms with Gasteiger partial charge in [0.05, 0.1) is 5.41 Å². The molecule has 0 bridgehead atoms. The Balaban J connectivity index is 1.92. The first kappa shape index (κ1) is 18.7. The van der Waals surface area contributed by atoms with Crippen molar-refractivity contribution in [1.29, 1.82) is 0 Å². The highest BCUT2D eigenvalue weighted by atomic mass is 16.2. The molecule has 0 aliphatic heterocycles. The van der Waals surface area contributed by atoms with Gasteiger partial charge in [-0.1, -0.05) is 97.1 Å². The predicted molar refractivity (Wildman–Crippen MR) is 119 cm³/mol. The lowest BCUT2D eigenvalue weighted by atomic mass is 9.74. The van der Waals surface area contributed by atoms with E-state index >= 15 is 0 Å². The summed E-state index contributed by atoms with van der Waals surface area (Å²) in [4.78, 5) is 16.1. The molecular formula is C27H23NO. The van der Waals surface area contributed by atoms with Crippen LogP contribution >= 0.6 is 0 Å². The summed E-state index contributed by atoms with van der Waals surface area (Å²) in [7, 11) is 0. The lowest BCUT2D eigenvalue weighted by Gasteiger charge is -2.35. The summed E-state index contributed by atoms with van der Waals surface area (Å²) in [6.45, 7) is 2.01. The van der Waals surface area contributed by atoms with Crippen LogP contribution in [0.25, 0.3) is 0 Å². The smallest absolute Gasteiger partial charge is 0.246 e. The second-order valence-corrected chi connectivity index (χ2v) is 7.17. The zero-order chi connectivity index (χ0) is 20.1. The third-order valence-electron chi connectivity index (χ3n) is 5.36. The number of carbonyl (C=O) groups is 1. The molecule has 4 aromatic carbocycles. The Hall–Kier alpha value is -3.65. The molecule has 0 aromatic heterocycles. The molecule has 0 saturated heterocycles. The molecule has 0 N–H and O–H groups in total. The van der Waals surface area contributed by atoms with Crippen LogP contribution in [0.2, 0.25) is 0 Å². The number of para-hydroxylation sites is 2. The number of hydrogen-bond donors (Lipinski definition) is 0. The maximum atomic E-state index is 14.3. The van der Waals surface area contributed by atoms with Crippen LogP contribution in [-0.4, -0.2) is 5.91 Å². The number of amides is 1. The molecule has 0 aliphatic rings. The third-order valence-corrected chi connectivity index (χ3v) is 5.36. The summed E-state index contributed by atoms with van der Waals surface area (Å²) in [5.74, 6) is 0.00676. The summed E-state index contributed by atoms with van der Waals surface area (Å²) < 4.78 is 0. The van der Waals surface area contributed by atoms with Crippen LogP contribution < -0.4 is 4.90 Å². The molecule has 0 aliphatic carbocycles. The van der Waals surface area contributed by atoms with Crippen molar-refractivity contribution in [2.45, 2.75) is 12.3 Å². The van der Waals surface area contributed by atoms with E-state index in [1.54, 1.807) is 0 Å². The van der Waals surface area contributed by atoms with Gasteiger partial charge in [-0.2, -0.15) is 0 Å². The highest BCUT2D eigenvalue weighted by molar-refractivity contribution is 6.08. The number of benzene rings is 4. The molecule has 2 heteroatoms. The van der Waals surface area contributed by atoms with Crippen molar-refractivity contribution < 1.29 is 4.79 Å². The van der Waals surface area contributed by atoms with Crippen LogP contribution in [0.1, 0.15) is 18.1 Å². The van der Waals surface area contributed by atoms with Crippen molar-refractivity contribution in [2.75, 3.05) is 4.90 Å². The van der Waals surface area contributed by atoms with Gasteiger partial charge in [0.2, 0.25) is 5.91 Å². The van der Waals surface area contributed by atoms with Crippen LogP contribution in [0.5, 0.6) is 0 Å². The molecule has 0 fully saturated rings. The van der Waals surface area contributed by atoms with Gasteiger partial charge in [-0.05, 0) is 42.3 Å². The van der Waals surface area contributed by atoms with Gasteiger partial charge in [0.15, 0.2) is 0 Å². The van der Waals surface area contributed by atoms with Gasteiger partial charge in [0.25, 0.3) is 0 Å². The molecule has 0 radical (unpaired) electrons. The van der Waals surface area contributed by atoms with Crippen molar-refractivity contribution in [3.8, 4) is 0 Å². The average molecular weight is 377 g/mol. The van der Waals surface area contributed by atoms with E-state index in [0.717, 1.165) is 22.5 Å². The van der Waals surface area contributed by atoms with Gasteiger partial charge in [-0.3, -0.25) is 9.69 Å². The number of anilines is 2. The molecule has 0 unspecified atom stereocenters. The first-order valence-corrected chi connectivity index (χ1v) is 9.77. The zero-order valence-corrected chi connectivity index (χ0v) is 16.4. The van der Waals surface area contributed by atoms with Crippen LogP contribution in [0, 0.1) is 0 Å². The monoisotopic (exact) mass is 377 g/mol. The van der Waals surface area contributed by atoms with Crippen LogP contribution in [0.4, 0.5) is 11.4 Å². The normalized spacial score (nSPS) is 11.1. The summed E-state index contributed by atoms with van der Waals surface area (Å²) in [5.41, 5.74) is 2.79. The second-order valence-electron chi connectivity index (χ2n) is 7.17. The summed E-state index contributed by atoms with van der Waals surface area (Å²) in [6, 6.07) is 39.7. The van der Waals surface area contributed by atoms with E-state index in [9.17, 15) is 4.79 Å². The number of rotatable bonds is 5. The second kappa shape index (κ2) is 8.15. The van der Waals surface area contributed by atoms with Crippen LogP contribution in [-0.2, 0) is 10.2 Å². The van der Waals surface area contributed by atoms with E-state index in [4.69, 9.17) is 0 Å². The first-order valence-electron chi connectivity index (χ1n) is 9.77. The fourth-order valence-electron chi connectivity index (χ4n) is 3.72. The van der Waals surface area contributed by atoms with E-state index in [-0.39, 0.29) is 5.91 Å². The summed E-state index contributed by atoms with van der Waals surface area (Å²) in [6.07, 6.45) is 0. The number of hydrogen-bond acceptors (Lipinski definition) is 1. The van der Waals surface area contributed by atoms with E-state index < -0.39 is 5.41 Å². The highest BCUT2D eigenvalue weighted by Gasteiger charge is 2.41. The molecular weight excluding hydrogens is 354 g/mol. The summed E-state index contributed by atoms with van der Waals surface area (Å²) in [5, 5.41) is 0. The van der Waals surface area contributed by atoms with Gasteiger partial charge >= 0.3 is 0 Å². The predicted octanol–water partition coefficient (Wildman–Crippen LogP) is 6.36. The van der Waals surface area contributed by atoms with E-state index in [2.05, 4.69) is 0 Å². The lowest BCUT2D eigenvalue weighted by molar-refractivity contribution is -0.121. The van der Waals surface area contributed by atoms with Gasteiger partial charge in [-0.25, -0.2) is 0 Å². The van der Waals surface area contributed by atoms with Crippen LogP contribution in [0.3, 0.4) is 0 Å². The van der Waals surface area contributed by atoms with Crippen molar-refractivity contribution >= 4 is 17.3 Å². The van der Waals surface area contributed by atoms with Crippen molar-refractivity contribution in [1.82, 2.24) is 0 Å². The SMILES string of the molecule is CC(C(=O)N(c1ccccc1)c1ccccc1)(c1ccccc1)c1ccccc1. The van der Waals surface area contributed by atoms with E-state index in [0.29, 0.717) is 0 Å². The molecule has 4 aromatic rings. The molecule has 1 amide bonds. The molecule has 0 atom stereocenters. The standard InChI is InChI=1S/C27H23NO/c1-27(22-14-6-2-7-15-22,23-16-8-3-9-17-23)26(29)28(24-18-10-4-11-19-24)25-20-12-5-13-21-25/h2-21H,1H3. The Morgan fingerprint density at radius 3 is 1.21 bits per heavy atom. The molecule has 0 spiro atoms. The van der Waals surface area contributed by atoms with Gasteiger partial charge in [0.1, 0.15) is 0 Å². The Kier molecular flexibility index (Phi) is 5.26. The molecule has 4 rings (SSSR count). The Morgan fingerprint density at radius 1 is 0.552 bits per heavy atom. The fraction of sp³-hybridized carbons (Fsp3) is 0.0741.